The normalized spacial score (nSPS) is 25.9. The first kappa shape index (κ1) is 16.5. The second kappa shape index (κ2) is 5.86. The summed E-state index contributed by atoms with van der Waals surface area (Å²) in [5, 5.41) is 12.4. The van der Waals surface area contributed by atoms with Gasteiger partial charge in [0.15, 0.2) is 0 Å². The summed E-state index contributed by atoms with van der Waals surface area (Å²) in [5.74, 6) is -2.17. The van der Waals surface area contributed by atoms with Gasteiger partial charge in [0.25, 0.3) is 0 Å². The molecular weight excluding hydrogens is 281 g/mol. The van der Waals surface area contributed by atoms with Gasteiger partial charge in [-0.3, -0.25) is 0 Å². The van der Waals surface area contributed by atoms with E-state index in [1.165, 1.54) is 5.32 Å². The minimum absolute atomic E-state index is 0.00252. The monoisotopic (exact) mass is 298 g/mol. The summed E-state index contributed by atoms with van der Waals surface area (Å²) in [7, 11) is 0. The number of carboxylic acids is 1. The van der Waals surface area contributed by atoms with E-state index >= 15 is 0 Å². The number of carbonyl (C=O) groups excluding carboxylic acids is 1. The zero-order valence-electron chi connectivity index (χ0n) is 11.1. The van der Waals surface area contributed by atoms with Crippen LogP contribution in [0.25, 0.3) is 0 Å². The largest absolute Gasteiger partial charge is 0.479 e. The number of hydrogen-bond acceptors (Lipinski definition) is 3. The van der Waals surface area contributed by atoms with Gasteiger partial charge < -0.3 is 20.5 Å². The molecule has 3 atom stereocenters. The molecule has 1 heterocycles. The van der Waals surface area contributed by atoms with E-state index in [1.807, 2.05) is 0 Å². The molecule has 1 aliphatic rings. The van der Waals surface area contributed by atoms with Crippen molar-refractivity contribution in [1.82, 2.24) is 10.6 Å². The van der Waals surface area contributed by atoms with Crippen LogP contribution in [-0.4, -0.2) is 48.1 Å². The number of nitrogens with one attached hydrogen (secondary N) is 2. The van der Waals surface area contributed by atoms with Crippen LogP contribution < -0.4 is 10.6 Å². The van der Waals surface area contributed by atoms with Crippen LogP contribution >= 0.6 is 0 Å². The van der Waals surface area contributed by atoms with Crippen molar-refractivity contribution >= 4 is 12.0 Å². The molecule has 3 unspecified atom stereocenters. The Kier molecular flexibility index (Phi) is 4.85. The lowest BCUT2D eigenvalue weighted by molar-refractivity contribution is -0.203. The van der Waals surface area contributed by atoms with Crippen molar-refractivity contribution in [3.8, 4) is 0 Å². The zero-order chi connectivity index (χ0) is 15.6. The highest BCUT2D eigenvalue weighted by molar-refractivity contribution is 5.86. The van der Waals surface area contributed by atoms with Gasteiger partial charge >= 0.3 is 18.2 Å². The number of urea groups is 1. The molecular formula is C11H17F3N2O4. The molecule has 3 N–H and O–H groups in total. The predicted molar refractivity (Wildman–Crippen MR) is 62.2 cm³/mol. The number of alkyl halides is 3. The van der Waals surface area contributed by atoms with E-state index in [9.17, 15) is 22.8 Å². The Hall–Kier alpha value is -1.51. The highest BCUT2D eigenvalue weighted by atomic mass is 19.4. The van der Waals surface area contributed by atoms with Gasteiger partial charge in [0.05, 0.1) is 6.10 Å². The maximum atomic E-state index is 12.7. The Labute approximate surface area is 113 Å². The van der Waals surface area contributed by atoms with Crippen LogP contribution in [0.5, 0.6) is 0 Å². The fraction of sp³-hybridized carbons (Fsp3) is 0.818. The Morgan fingerprint density at radius 3 is 2.40 bits per heavy atom. The van der Waals surface area contributed by atoms with E-state index in [4.69, 9.17) is 9.84 Å². The molecule has 0 aromatic rings. The molecule has 116 valence electrons. The van der Waals surface area contributed by atoms with Crippen LogP contribution in [0.1, 0.15) is 20.3 Å². The number of hydrogen-bond donors (Lipinski definition) is 3. The van der Waals surface area contributed by atoms with Crippen molar-refractivity contribution in [2.45, 2.75) is 38.1 Å². The number of amides is 2. The van der Waals surface area contributed by atoms with Crippen LogP contribution in [0, 0.1) is 5.92 Å². The van der Waals surface area contributed by atoms with E-state index in [0.29, 0.717) is 20.0 Å². The third-order valence-electron chi connectivity index (χ3n) is 3.42. The number of rotatable bonds is 4. The summed E-state index contributed by atoms with van der Waals surface area (Å²) in [4.78, 5) is 22.2. The van der Waals surface area contributed by atoms with Crippen LogP contribution in [0.2, 0.25) is 0 Å². The molecule has 0 aromatic heterocycles. The first-order valence-corrected chi connectivity index (χ1v) is 6.05. The summed E-state index contributed by atoms with van der Waals surface area (Å²) < 4.78 is 43.3. The van der Waals surface area contributed by atoms with Gasteiger partial charge in [-0.2, -0.15) is 13.2 Å². The first-order chi connectivity index (χ1) is 9.08. The molecule has 1 aliphatic heterocycles. The summed E-state index contributed by atoms with van der Waals surface area (Å²) >= 11 is 0. The predicted octanol–water partition coefficient (Wildman–Crippen LogP) is 1.12. The molecule has 2 amide bonds. The van der Waals surface area contributed by atoms with Gasteiger partial charge in [0, 0.05) is 19.1 Å². The smallest absolute Gasteiger partial charge is 0.422 e. The fourth-order valence-electron chi connectivity index (χ4n) is 1.78. The number of ether oxygens (including phenoxy) is 1. The minimum atomic E-state index is -5.10. The van der Waals surface area contributed by atoms with Crippen molar-refractivity contribution in [3.05, 3.63) is 0 Å². The van der Waals surface area contributed by atoms with Gasteiger partial charge in [-0.1, -0.05) is 0 Å². The lowest BCUT2D eigenvalue weighted by atomic mass is 10.0. The Bertz CT molecular complexity index is 388. The molecule has 0 spiro atoms. The van der Waals surface area contributed by atoms with Gasteiger partial charge in [-0.25, -0.2) is 9.59 Å². The zero-order valence-corrected chi connectivity index (χ0v) is 11.1. The number of halogens is 3. The lowest BCUT2D eigenvalue weighted by Crippen LogP contribution is -2.63. The summed E-state index contributed by atoms with van der Waals surface area (Å²) in [6.07, 6.45) is -4.50. The van der Waals surface area contributed by atoms with Crippen LogP contribution in [0.4, 0.5) is 18.0 Å². The molecule has 0 aromatic carbocycles. The molecule has 1 saturated heterocycles. The highest BCUT2D eigenvalue weighted by Gasteiger charge is 2.58. The maximum absolute atomic E-state index is 12.7. The van der Waals surface area contributed by atoms with Crippen LogP contribution in [0.15, 0.2) is 0 Å². The highest BCUT2D eigenvalue weighted by Crippen LogP contribution is 2.30. The second-order valence-electron chi connectivity index (χ2n) is 4.89. The van der Waals surface area contributed by atoms with Gasteiger partial charge in [-0.05, 0) is 20.3 Å². The van der Waals surface area contributed by atoms with Gasteiger partial charge in [0.2, 0.25) is 5.54 Å². The number of carboxylic acid groups (broad SMARTS) is 1. The molecule has 1 fully saturated rings. The van der Waals surface area contributed by atoms with Crippen molar-refractivity contribution in [3.63, 3.8) is 0 Å². The average Bonchev–Trinajstić information content (AvgIpc) is 2.70. The van der Waals surface area contributed by atoms with E-state index < -0.39 is 23.7 Å². The molecule has 20 heavy (non-hydrogen) atoms. The minimum Gasteiger partial charge on any atom is -0.479 e. The molecule has 9 heteroatoms. The Balaban J connectivity index is 2.57. The number of carbonyl (C=O) groups is 2. The van der Waals surface area contributed by atoms with Gasteiger partial charge in [0.1, 0.15) is 0 Å². The summed E-state index contributed by atoms with van der Waals surface area (Å²) in [6, 6.07) is -1.17. The van der Waals surface area contributed by atoms with Crippen molar-refractivity contribution in [2.75, 3.05) is 13.2 Å². The van der Waals surface area contributed by atoms with E-state index in [2.05, 4.69) is 5.32 Å². The molecule has 0 radical (unpaired) electrons. The SMILES string of the molecule is CC1OCCC1CNC(=O)NC(C)(C(=O)O)C(F)(F)F. The van der Waals surface area contributed by atoms with E-state index in [1.54, 1.807) is 6.92 Å². The van der Waals surface area contributed by atoms with Crippen LogP contribution in [-0.2, 0) is 9.53 Å². The molecule has 0 bridgehead atoms. The molecule has 6 nitrogen and oxygen atoms in total. The Morgan fingerprint density at radius 1 is 1.40 bits per heavy atom. The topological polar surface area (TPSA) is 87.7 Å². The first-order valence-electron chi connectivity index (χ1n) is 6.05. The van der Waals surface area contributed by atoms with E-state index in [-0.39, 0.29) is 18.6 Å². The lowest BCUT2D eigenvalue weighted by Gasteiger charge is -2.28. The van der Waals surface area contributed by atoms with Crippen molar-refractivity contribution in [1.29, 1.82) is 0 Å². The third-order valence-corrected chi connectivity index (χ3v) is 3.42. The summed E-state index contributed by atoms with van der Waals surface area (Å²) in [5.41, 5.74) is -3.32. The Morgan fingerprint density at radius 2 is 2.00 bits per heavy atom. The quantitative estimate of drug-likeness (QED) is 0.725. The third kappa shape index (κ3) is 3.53. The summed E-state index contributed by atoms with van der Waals surface area (Å²) in [6.45, 7) is 2.86. The van der Waals surface area contributed by atoms with Gasteiger partial charge in [-0.15, -0.1) is 0 Å². The fourth-order valence-corrected chi connectivity index (χ4v) is 1.78. The second-order valence-corrected chi connectivity index (χ2v) is 4.89. The molecule has 0 aliphatic carbocycles. The molecule has 1 rings (SSSR count). The van der Waals surface area contributed by atoms with Crippen LogP contribution in [0.3, 0.4) is 0 Å². The maximum Gasteiger partial charge on any atom is 0.422 e. The van der Waals surface area contributed by atoms with E-state index in [0.717, 1.165) is 0 Å². The van der Waals surface area contributed by atoms with Crippen molar-refractivity contribution in [2.24, 2.45) is 5.92 Å². The molecule has 0 saturated carbocycles. The standard InChI is InChI=1S/C11H17F3N2O4/c1-6-7(3-4-20-6)5-15-9(19)16-10(2,8(17)18)11(12,13)14/h6-7H,3-5H2,1-2H3,(H,17,18)(H2,15,16,19). The average molecular weight is 298 g/mol. The number of aliphatic carboxylic acids is 1. The van der Waals surface area contributed by atoms with Crippen molar-refractivity contribution < 1.29 is 32.6 Å².